The first-order chi connectivity index (χ1) is 9.20. The summed E-state index contributed by atoms with van der Waals surface area (Å²) in [4.78, 5) is 15.4. The van der Waals surface area contributed by atoms with Crippen molar-refractivity contribution in [2.24, 2.45) is 0 Å². The van der Waals surface area contributed by atoms with Crippen LogP contribution < -0.4 is 0 Å². The number of thiophene rings is 1. The minimum atomic E-state index is -0.225. The summed E-state index contributed by atoms with van der Waals surface area (Å²) in [6, 6.07) is 4.25. The number of aryl methyl sites for hydroxylation is 1. The number of nitrogens with zero attached hydrogens (tertiary/aromatic N) is 1. The Kier molecular flexibility index (Phi) is 5.36. The number of rotatable bonds is 5. The highest BCUT2D eigenvalue weighted by atomic mass is 32.1. The predicted molar refractivity (Wildman–Crippen MR) is 75.3 cm³/mol. The highest BCUT2D eigenvalue weighted by Crippen LogP contribution is 2.16. The molecule has 2 heterocycles. The van der Waals surface area contributed by atoms with Crippen molar-refractivity contribution in [3.63, 3.8) is 0 Å². The summed E-state index contributed by atoms with van der Waals surface area (Å²) in [5.74, 6) is 0.172. The van der Waals surface area contributed by atoms with E-state index in [1.807, 2.05) is 17.9 Å². The lowest BCUT2D eigenvalue weighted by molar-refractivity contribution is -0.146. The third-order valence-electron chi connectivity index (χ3n) is 3.42. The molecule has 0 saturated carbocycles. The van der Waals surface area contributed by atoms with Crippen LogP contribution in [0.3, 0.4) is 0 Å². The molecule has 1 saturated heterocycles. The zero-order chi connectivity index (χ0) is 13.7. The van der Waals surface area contributed by atoms with Gasteiger partial charge >= 0.3 is 0 Å². The summed E-state index contributed by atoms with van der Waals surface area (Å²) in [5, 5.41) is 11.2. The smallest absolute Gasteiger partial charge is 0.222 e. The van der Waals surface area contributed by atoms with Gasteiger partial charge in [-0.1, -0.05) is 6.07 Å². The van der Waals surface area contributed by atoms with Crippen LogP contribution in [0, 0.1) is 0 Å². The van der Waals surface area contributed by atoms with Gasteiger partial charge in [0.2, 0.25) is 5.91 Å². The lowest BCUT2D eigenvalue weighted by Crippen LogP contribution is -2.52. The Morgan fingerprint density at radius 1 is 1.63 bits per heavy atom. The summed E-state index contributed by atoms with van der Waals surface area (Å²) in [7, 11) is 0. The van der Waals surface area contributed by atoms with E-state index in [1.54, 1.807) is 11.3 Å². The van der Waals surface area contributed by atoms with Crippen LogP contribution in [0.2, 0.25) is 0 Å². The third kappa shape index (κ3) is 4.03. The molecule has 1 aromatic rings. The van der Waals surface area contributed by atoms with Gasteiger partial charge in [0.05, 0.1) is 25.4 Å². The highest BCUT2D eigenvalue weighted by molar-refractivity contribution is 7.09. The maximum absolute atomic E-state index is 12.2. The number of carbonyl (C=O) groups excluding carboxylic acids is 1. The van der Waals surface area contributed by atoms with Gasteiger partial charge in [0.15, 0.2) is 0 Å². The molecule has 5 heteroatoms. The molecule has 1 amide bonds. The fraction of sp³-hybridized carbons (Fsp3) is 0.643. The van der Waals surface area contributed by atoms with Crippen molar-refractivity contribution in [2.75, 3.05) is 19.8 Å². The first-order valence-corrected chi connectivity index (χ1v) is 7.63. The van der Waals surface area contributed by atoms with Crippen LogP contribution in [-0.2, 0) is 16.0 Å². The number of amides is 1. The summed E-state index contributed by atoms with van der Waals surface area (Å²) in [6.07, 6.45) is 2.19. The Morgan fingerprint density at radius 3 is 3.16 bits per heavy atom. The van der Waals surface area contributed by atoms with Gasteiger partial charge < -0.3 is 14.7 Å². The quantitative estimate of drug-likeness (QED) is 0.894. The standard InChI is InChI=1S/C14H21NO3S/c1-11-10-18-12(9-16)8-15(11)14(17)6-2-4-13-5-3-7-19-13/h3,5,7,11-12,16H,2,4,6,8-10H2,1H3. The van der Waals surface area contributed by atoms with Gasteiger partial charge in [0.25, 0.3) is 0 Å². The number of aliphatic hydroxyl groups excluding tert-OH is 1. The molecular formula is C14H21NO3S. The average molecular weight is 283 g/mol. The molecule has 0 bridgehead atoms. The monoisotopic (exact) mass is 283 g/mol. The number of ether oxygens (including phenoxy) is 1. The second-order valence-corrected chi connectivity index (χ2v) is 6.00. The van der Waals surface area contributed by atoms with Gasteiger partial charge in [-0.2, -0.15) is 0 Å². The van der Waals surface area contributed by atoms with E-state index in [0.717, 1.165) is 12.8 Å². The molecule has 2 rings (SSSR count). The zero-order valence-electron chi connectivity index (χ0n) is 11.2. The largest absolute Gasteiger partial charge is 0.394 e. The second kappa shape index (κ2) is 7.03. The fourth-order valence-electron chi connectivity index (χ4n) is 2.29. The van der Waals surface area contributed by atoms with Crippen LogP contribution >= 0.6 is 11.3 Å². The lowest BCUT2D eigenvalue weighted by Gasteiger charge is -2.37. The van der Waals surface area contributed by atoms with Gasteiger partial charge in [-0.25, -0.2) is 0 Å². The molecule has 1 aliphatic heterocycles. The topological polar surface area (TPSA) is 49.8 Å². The van der Waals surface area contributed by atoms with E-state index in [-0.39, 0.29) is 24.7 Å². The molecule has 1 fully saturated rings. The minimum absolute atomic E-state index is 0.0221. The number of aliphatic hydroxyl groups is 1. The number of morpholine rings is 1. The molecule has 19 heavy (non-hydrogen) atoms. The summed E-state index contributed by atoms with van der Waals surface area (Å²) < 4.78 is 5.44. The number of hydrogen-bond donors (Lipinski definition) is 1. The van der Waals surface area contributed by atoms with Gasteiger partial charge in [-0.05, 0) is 31.2 Å². The highest BCUT2D eigenvalue weighted by Gasteiger charge is 2.28. The molecule has 1 aromatic heterocycles. The van der Waals surface area contributed by atoms with Crippen LogP contribution in [0.25, 0.3) is 0 Å². The molecule has 4 nitrogen and oxygen atoms in total. The van der Waals surface area contributed by atoms with Crippen LogP contribution in [-0.4, -0.2) is 47.8 Å². The molecule has 1 N–H and O–H groups in total. The Hall–Kier alpha value is -0.910. The predicted octanol–water partition coefficient (Wildman–Crippen LogP) is 1.68. The van der Waals surface area contributed by atoms with Crippen LogP contribution in [0.4, 0.5) is 0 Å². The average Bonchev–Trinajstić information content (AvgIpc) is 2.92. The Labute approximate surface area is 118 Å². The molecule has 2 atom stereocenters. The Balaban J connectivity index is 1.78. The van der Waals surface area contributed by atoms with Gasteiger partial charge in [-0.3, -0.25) is 4.79 Å². The van der Waals surface area contributed by atoms with E-state index >= 15 is 0 Å². The second-order valence-electron chi connectivity index (χ2n) is 4.97. The van der Waals surface area contributed by atoms with Crippen LogP contribution in [0.1, 0.15) is 24.6 Å². The van der Waals surface area contributed by atoms with E-state index in [0.29, 0.717) is 19.6 Å². The molecule has 0 spiro atoms. The zero-order valence-corrected chi connectivity index (χ0v) is 12.1. The maximum Gasteiger partial charge on any atom is 0.222 e. The Bertz CT molecular complexity index is 393. The van der Waals surface area contributed by atoms with Crippen molar-refractivity contribution >= 4 is 17.2 Å². The van der Waals surface area contributed by atoms with Crippen molar-refractivity contribution in [3.05, 3.63) is 22.4 Å². The van der Waals surface area contributed by atoms with E-state index < -0.39 is 0 Å². The van der Waals surface area contributed by atoms with E-state index in [2.05, 4.69) is 11.4 Å². The molecule has 2 unspecified atom stereocenters. The van der Waals surface area contributed by atoms with Crippen LogP contribution in [0.15, 0.2) is 17.5 Å². The minimum Gasteiger partial charge on any atom is -0.394 e. The molecular weight excluding hydrogens is 262 g/mol. The summed E-state index contributed by atoms with van der Waals surface area (Å²) in [6.45, 7) is 2.99. The third-order valence-corrected chi connectivity index (χ3v) is 4.36. The number of hydrogen-bond acceptors (Lipinski definition) is 4. The van der Waals surface area contributed by atoms with E-state index in [9.17, 15) is 4.79 Å². The lowest BCUT2D eigenvalue weighted by atomic mass is 10.1. The Morgan fingerprint density at radius 2 is 2.47 bits per heavy atom. The van der Waals surface area contributed by atoms with Crippen molar-refractivity contribution in [3.8, 4) is 0 Å². The number of carbonyl (C=O) groups is 1. The maximum atomic E-state index is 12.2. The normalized spacial score (nSPS) is 23.6. The van der Waals surface area contributed by atoms with Gasteiger partial charge in [0.1, 0.15) is 0 Å². The molecule has 0 radical (unpaired) electrons. The first-order valence-electron chi connectivity index (χ1n) is 6.75. The molecule has 106 valence electrons. The molecule has 0 aromatic carbocycles. The summed E-state index contributed by atoms with van der Waals surface area (Å²) in [5.41, 5.74) is 0. The summed E-state index contributed by atoms with van der Waals surface area (Å²) >= 11 is 1.74. The van der Waals surface area contributed by atoms with Crippen LogP contribution in [0.5, 0.6) is 0 Å². The fourth-order valence-corrected chi connectivity index (χ4v) is 3.04. The van der Waals surface area contributed by atoms with E-state index in [1.165, 1.54) is 4.88 Å². The van der Waals surface area contributed by atoms with Crippen molar-refractivity contribution in [2.45, 2.75) is 38.3 Å². The van der Waals surface area contributed by atoms with Crippen molar-refractivity contribution in [1.29, 1.82) is 0 Å². The first kappa shape index (κ1) is 14.5. The van der Waals surface area contributed by atoms with E-state index in [4.69, 9.17) is 9.84 Å². The molecule has 1 aliphatic rings. The van der Waals surface area contributed by atoms with Crippen molar-refractivity contribution < 1.29 is 14.6 Å². The van der Waals surface area contributed by atoms with Gasteiger partial charge in [0, 0.05) is 17.8 Å². The SMILES string of the molecule is CC1COC(CO)CN1C(=O)CCCc1cccs1. The van der Waals surface area contributed by atoms with Crippen molar-refractivity contribution in [1.82, 2.24) is 4.90 Å². The molecule has 0 aliphatic carbocycles. The van der Waals surface area contributed by atoms with Gasteiger partial charge in [-0.15, -0.1) is 11.3 Å².